The first-order valence-electron chi connectivity index (χ1n) is 10.5. The third-order valence-corrected chi connectivity index (χ3v) is 6.30. The molecule has 168 valence electrons. The summed E-state index contributed by atoms with van der Waals surface area (Å²) < 4.78 is 6.45. The topological polar surface area (TPSA) is 81.4 Å². The first kappa shape index (κ1) is 23.6. The summed E-state index contributed by atoms with van der Waals surface area (Å²) in [6.07, 6.45) is 3.68. The summed E-state index contributed by atoms with van der Waals surface area (Å²) in [5, 5.41) is 13.7. The van der Waals surface area contributed by atoms with Crippen molar-refractivity contribution in [3.05, 3.63) is 77.1 Å². The molecule has 1 N–H and O–H groups in total. The normalized spacial score (nSPS) is 11.4. The van der Waals surface area contributed by atoms with Crippen molar-refractivity contribution in [2.24, 2.45) is 0 Å². The van der Waals surface area contributed by atoms with Crippen LogP contribution in [0.1, 0.15) is 54.4 Å². The molecule has 0 aliphatic rings. The first-order valence-corrected chi connectivity index (χ1v) is 11.4. The standard InChI is InChI=1S/C25H28N2O4S/c1-5-7-18-9-6-8-17(2)22(18)27-20(14-15-26-27)16-31-23(28)19-10-12-21(13-11-19)32-25(3,4)24(29)30/h6,8-15H,5,7,16H2,1-4H3,(H,29,30). The van der Waals surface area contributed by atoms with Gasteiger partial charge in [0.1, 0.15) is 11.4 Å². The number of benzene rings is 2. The third kappa shape index (κ3) is 5.40. The first-order chi connectivity index (χ1) is 15.2. The van der Waals surface area contributed by atoms with E-state index in [2.05, 4.69) is 31.1 Å². The Labute approximate surface area is 192 Å². The number of esters is 1. The molecule has 3 aromatic rings. The summed E-state index contributed by atoms with van der Waals surface area (Å²) in [5.74, 6) is -1.33. The van der Waals surface area contributed by atoms with Crippen LogP contribution in [-0.4, -0.2) is 31.6 Å². The van der Waals surface area contributed by atoms with E-state index in [1.54, 1.807) is 44.3 Å². The molecule has 0 fully saturated rings. The van der Waals surface area contributed by atoms with Crippen LogP contribution < -0.4 is 0 Å². The molecule has 1 aromatic heterocycles. The van der Waals surface area contributed by atoms with Crippen LogP contribution >= 0.6 is 11.8 Å². The Morgan fingerprint density at radius 3 is 2.50 bits per heavy atom. The monoisotopic (exact) mass is 452 g/mol. The summed E-state index contributed by atoms with van der Waals surface area (Å²) in [5.41, 5.74) is 4.56. The van der Waals surface area contributed by atoms with Crippen molar-refractivity contribution in [3.8, 4) is 5.69 Å². The Morgan fingerprint density at radius 2 is 1.84 bits per heavy atom. The van der Waals surface area contributed by atoms with E-state index in [9.17, 15) is 14.7 Å². The SMILES string of the molecule is CCCc1cccc(C)c1-n1nccc1COC(=O)c1ccc(SC(C)(C)C(=O)O)cc1. The van der Waals surface area contributed by atoms with E-state index < -0.39 is 16.7 Å². The summed E-state index contributed by atoms with van der Waals surface area (Å²) in [7, 11) is 0. The quantitative estimate of drug-likeness (QED) is 0.344. The van der Waals surface area contributed by atoms with Crippen LogP contribution in [0.15, 0.2) is 59.6 Å². The summed E-state index contributed by atoms with van der Waals surface area (Å²) in [6.45, 7) is 7.58. The van der Waals surface area contributed by atoms with Gasteiger partial charge in [-0.25, -0.2) is 9.48 Å². The van der Waals surface area contributed by atoms with E-state index in [0.29, 0.717) is 5.56 Å². The van der Waals surface area contributed by atoms with E-state index in [1.165, 1.54) is 17.3 Å². The van der Waals surface area contributed by atoms with Crippen molar-refractivity contribution in [3.63, 3.8) is 0 Å². The van der Waals surface area contributed by atoms with Gasteiger partial charge in [0.2, 0.25) is 0 Å². The van der Waals surface area contributed by atoms with Gasteiger partial charge in [-0.2, -0.15) is 5.10 Å². The number of ether oxygens (including phenoxy) is 1. The van der Waals surface area contributed by atoms with Crippen molar-refractivity contribution in [2.75, 3.05) is 0 Å². The van der Waals surface area contributed by atoms with Gasteiger partial charge in [-0.15, -0.1) is 11.8 Å². The van der Waals surface area contributed by atoms with Crippen LogP contribution in [0.5, 0.6) is 0 Å². The molecule has 0 radical (unpaired) electrons. The molecular formula is C25H28N2O4S. The van der Waals surface area contributed by atoms with Crippen molar-refractivity contribution < 1.29 is 19.4 Å². The third-order valence-electron chi connectivity index (χ3n) is 5.10. The molecule has 32 heavy (non-hydrogen) atoms. The van der Waals surface area contributed by atoms with Crippen LogP contribution in [0.2, 0.25) is 0 Å². The number of nitrogens with zero attached hydrogens (tertiary/aromatic N) is 2. The molecule has 0 amide bonds. The molecule has 1 heterocycles. The van der Waals surface area contributed by atoms with E-state index in [1.807, 2.05) is 16.8 Å². The largest absolute Gasteiger partial charge is 0.480 e. The second-order valence-electron chi connectivity index (χ2n) is 8.09. The summed E-state index contributed by atoms with van der Waals surface area (Å²) in [4.78, 5) is 24.7. The van der Waals surface area contributed by atoms with Crippen LogP contribution in [0.3, 0.4) is 0 Å². The lowest BCUT2D eigenvalue weighted by Crippen LogP contribution is -2.26. The molecule has 7 heteroatoms. The zero-order valence-electron chi connectivity index (χ0n) is 18.8. The molecule has 0 saturated heterocycles. The number of hydrogen-bond acceptors (Lipinski definition) is 5. The molecule has 0 saturated carbocycles. The number of thioether (sulfide) groups is 1. The van der Waals surface area contributed by atoms with E-state index in [0.717, 1.165) is 34.7 Å². The number of aromatic nitrogens is 2. The molecular weight excluding hydrogens is 424 g/mol. The van der Waals surface area contributed by atoms with Crippen molar-refractivity contribution >= 4 is 23.7 Å². The Hall–Kier alpha value is -3.06. The van der Waals surface area contributed by atoms with Crippen LogP contribution in [0, 0.1) is 6.92 Å². The van der Waals surface area contributed by atoms with Crippen LogP contribution in [-0.2, 0) is 22.6 Å². The van der Waals surface area contributed by atoms with Gasteiger partial charge in [0, 0.05) is 11.1 Å². The van der Waals surface area contributed by atoms with E-state index in [4.69, 9.17) is 4.74 Å². The van der Waals surface area contributed by atoms with Gasteiger partial charge in [0.05, 0.1) is 16.9 Å². The van der Waals surface area contributed by atoms with Gasteiger partial charge < -0.3 is 9.84 Å². The molecule has 3 rings (SSSR count). The molecule has 0 aliphatic heterocycles. The van der Waals surface area contributed by atoms with E-state index in [-0.39, 0.29) is 6.61 Å². The van der Waals surface area contributed by atoms with Crippen LogP contribution in [0.25, 0.3) is 5.69 Å². The second-order valence-corrected chi connectivity index (χ2v) is 9.78. The van der Waals surface area contributed by atoms with Gasteiger partial charge in [-0.3, -0.25) is 4.79 Å². The summed E-state index contributed by atoms with van der Waals surface area (Å²) >= 11 is 1.23. The maximum Gasteiger partial charge on any atom is 0.338 e. The minimum atomic E-state index is -0.952. The predicted molar refractivity (Wildman–Crippen MR) is 125 cm³/mol. The zero-order chi connectivity index (χ0) is 23.3. The van der Waals surface area contributed by atoms with Crippen molar-refractivity contribution in [2.45, 2.75) is 56.8 Å². The number of rotatable bonds is 9. The Bertz CT molecular complexity index is 1100. The number of hydrogen-bond donors (Lipinski definition) is 1. The summed E-state index contributed by atoms with van der Waals surface area (Å²) in [6, 6.07) is 14.8. The van der Waals surface area contributed by atoms with Crippen molar-refractivity contribution in [1.29, 1.82) is 0 Å². The van der Waals surface area contributed by atoms with Gasteiger partial charge >= 0.3 is 11.9 Å². The maximum atomic E-state index is 12.6. The minimum absolute atomic E-state index is 0.0985. The van der Waals surface area contributed by atoms with Gasteiger partial charge in [-0.05, 0) is 68.7 Å². The average Bonchev–Trinajstić information content (AvgIpc) is 3.20. The van der Waals surface area contributed by atoms with E-state index >= 15 is 0 Å². The maximum absolute atomic E-state index is 12.6. The highest BCUT2D eigenvalue weighted by atomic mass is 32.2. The predicted octanol–water partition coefficient (Wildman–Crippen LogP) is 5.45. The lowest BCUT2D eigenvalue weighted by molar-refractivity contribution is -0.138. The highest BCUT2D eigenvalue weighted by Crippen LogP contribution is 2.32. The Balaban J connectivity index is 1.71. The van der Waals surface area contributed by atoms with Gasteiger partial charge in [0.25, 0.3) is 0 Å². The molecule has 0 spiro atoms. The van der Waals surface area contributed by atoms with Gasteiger partial charge in [0.15, 0.2) is 0 Å². The number of carbonyl (C=O) groups is 2. The fraction of sp³-hybridized carbons (Fsp3) is 0.320. The molecule has 0 unspecified atom stereocenters. The van der Waals surface area contributed by atoms with Gasteiger partial charge in [-0.1, -0.05) is 31.5 Å². The number of aryl methyl sites for hydroxylation is 2. The molecule has 0 atom stereocenters. The number of aliphatic carboxylic acids is 1. The number of para-hydroxylation sites is 1. The highest BCUT2D eigenvalue weighted by molar-refractivity contribution is 8.01. The second kappa shape index (κ2) is 10.0. The number of carbonyl (C=O) groups excluding carboxylic acids is 1. The number of carboxylic acids is 1. The lowest BCUT2D eigenvalue weighted by Gasteiger charge is -2.18. The van der Waals surface area contributed by atoms with Crippen LogP contribution in [0.4, 0.5) is 0 Å². The Kier molecular flexibility index (Phi) is 7.40. The van der Waals surface area contributed by atoms with Crippen molar-refractivity contribution in [1.82, 2.24) is 9.78 Å². The molecule has 2 aromatic carbocycles. The molecule has 6 nitrogen and oxygen atoms in total. The smallest absolute Gasteiger partial charge is 0.338 e. The fourth-order valence-electron chi connectivity index (χ4n) is 3.36. The Morgan fingerprint density at radius 1 is 1.12 bits per heavy atom. The lowest BCUT2D eigenvalue weighted by atomic mass is 10.0. The highest BCUT2D eigenvalue weighted by Gasteiger charge is 2.28. The molecule has 0 aliphatic carbocycles. The fourth-order valence-corrected chi connectivity index (χ4v) is 4.30. The molecule has 0 bridgehead atoms. The number of carboxylic acid groups (broad SMARTS) is 1. The minimum Gasteiger partial charge on any atom is -0.480 e. The zero-order valence-corrected chi connectivity index (χ0v) is 19.6. The average molecular weight is 453 g/mol.